The van der Waals surface area contributed by atoms with E-state index in [1.54, 1.807) is 11.3 Å². The van der Waals surface area contributed by atoms with E-state index >= 15 is 0 Å². The molecular weight excluding hydrogens is 284 g/mol. The quantitative estimate of drug-likeness (QED) is 0.914. The summed E-state index contributed by atoms with van der Waals surface area (Å²) in [4.78, 5) is 16.7. The summed E-state index contributed by atoms with van der Waals surface area (Å²) >= 11 is 1.60. The number of hydrogen-bond acceptors (Lipinski definition) is 4. The molecule has 21 heavy (non-hydrogen) atoms. The van der Waals surface area contributed by atoms with E-state index < -0.39 is 5.60 Å². The first kappa shape index (κ1) is 14.2. The summed E-state index contributed by atoms with van der Waals surface area (Å²) in [6.07, 6.45) is 2.90. The van der Waals surface area contributed by atoms with E-state index in [4.69, 9.17) is 0 Å². The van der Waals surface area contributed by atoms with Crippen molar-refractivity contribution >= 4 is 22.9 Å². The van der Waals surface area contributed by atoms with Crippen molar-refractivity contribution in [2.24, 2.45) is 0 Å². The summed E-state index contributed by atoms with van der Waals surface area (Å²) in [5.74, 6) is -0.299. The minimum absolute atomic E-state index is 0.299. The van der Waals surface area contributed by atoms with Crippen LogP contribution in [0.5, 0.6) is 0 Å². The number of aliphatic hydroxyl groups is 1. The molecule has 0 unspecified atom stereocenters. The minimum Gasteiger partial charge on any atom is -0.380 e. The van der Waals surface area contributed by atoms with Gasteiger partial charge in [-0.2, -0.15) is 0 Å². The lowest BCUT2D eigenvalue weighted by Crippen LogP contribution is -2.40. The summed E-state index contributed by atoms with van der Waals surface area (Å²) in [6.45, 7) is 1.97. The van der Waals surface area contributed by atoms with Gasteiger partial charge < -0.3 is 10.4 Å². The molecule has 2 aromatic rings. The van der Waals surface area contributed by atoms with Crippen molar-refractivity contribution in [2.75, 3.05) is 5.32 Å². The lowest BCUT2D eigenvalue weighted by Gasteiger charge is -2.21. The van der Waals surface area contributed by atoms with Crippen LogP contribution in [0.25, 0.3) is 11.3 Å². The summed E-state index contributed by atoms with van der Waals surface area (Å²) < 4.78 is 0. The van der Waals surface area contributed by atoms with Crippen LogP contribution in [0, 0.1) is 6.92 Å². The zero-order chi connectivity index (χ0) is 14.9. The molecule has 1 amide bonds. The monoisotopic (exact) mass is 302 g/mol. The van der Waals surface area contributed by atoms with Crippen LogP contribution in [-0.4, -0.2) is 21.6 Å². The molecule has 5 heteroatoms. The normalized spacial score (nSPS) is 16.9. The first-order chi connectivity index (χ1) is 10.1. The van der Waals surface area contributed by atoms with Gasteiger partial charge in [0.2, 0.25) is 0 Å². The Labute approximate surface area is 127 Å². The molecule has 1 aliphatic rings. The Morgan fingerprint density at radius 3 is 2.81 bits per heavy atom. The number of benzene rings is 1. The van der Waals surface area contributed by atoms with E-state index in [1.807, 2.05) is 36.6 Å². The smallest absolute Gasteiger partial charge is 0.256 e. The number of rotatable bonds is 3. The zero-order valence-corrected chi connectivity index (χ0v) is 12.7. The van der Waals surface area contributed by atoms with Crippen LogP contribution in [0.2, 0.25) is 0 Å². The summed E-state index contributed by atoms with van der Waals surface area (Å²) in [7, 11) is 0. The molecule has 2 N–H and O–H groups in total. The Morgan fingerprint density at radius 2 is 2.14 bits per heavy atom. The van der Waals surface area contributed by atoms with Gasteiger partial charge in [0.05, 0.1) is 10.7 Å². The third kappa shape index (κ3) is 2.99. The molecule has 3 rings (SSSR count). The second-order valence-electron chi connectivity index (χ2n) is 5.53. The van der Waals surface area contributed by atoms with E-state index in [-0.39, 0.29) is 5.91 Å². The molecule has 1 fully saturated rings. The molecule has 0 spiro atoms. The molecule has 1 aliphatic carbocycles. The van der Waals surface area contributed by atoms with Crippen LogP contribution in [0.15, 0.2) is 29.6 Å². The highest BCUT2D eigenvalue weighted by Crippen LogP contribution is 2.31. The summed E-state index contributed by atoms with van der Waals surface area (Å²) in [5, 5.41) is 16.1. The topological polar surface area (TPSA) is 62.2 Å². The van der Waals surface area contributed by atoms with Gasteiger partial charge >= 0.3 is 0 Å². The first-order valence-electron chi connectivity index (χ1n) is 7.13. The Balaban J connectivity index is 1.79. The van der Waals surface area contributed by atoms with Crippen molar-refractivity contribution in [3.63, 3.8) is 0 Å². The van der Waals surface area contributed by atoms with Crippen molar-refractivity contribution in [2.45, 2.75) is 38.2 Å². The van der Waals surface area contributed by atoms with Crippen molar-refractivity contribution in [1.29, 1.82) is 0 Å². The van der Waals surface area contributed by atoms with Crippen LogP contribution in [0.4, 0.5) is 5.69 Å². The number of anilines is 1. The van der Waals surface area contributed by atoms with Gasteiger partial charge in [-0.1, -0.05) is 12.1 Å². The molecule has 110 valence electrons. The van der Waals surface area contributed by atoms with Gasteiger partial charge in [-0.25, -0.2) is 4.98 Å². The summed E-state index contributed by atoms with van der Waals surface area (Å²) in [5.41, 5.74) is 1.37. The minimum atomic E-state index is -1.20. The van der Waals surface area contributed by atoms with Crippen LogP contribution in [0.3, 0.4) is 0 Å². The second kappa shape index (κ2) is 5.58. The van der Waals surface area contributed by atoms with Crippen LogP contribution in [0.1, 0.15) is 30.7 Å². The Hall–Kier alpha value is -1.72. The van der Waals surface area contributed by atoms with Crippen molar-refractivity contribution in [3.8, 4) is 11.3 Å². The number of carbonyl (C=O) groups excluding carboxylic acids is 1. The number of carbonyl (C=O) groups is 1. The predicted molar refractivity (Wildman–Crippen MR) is 84.3 cm³/mol. The average molecular weight is 302 g/mol. The van der Waals surface area contributed by atoms with Gasteiger partial charge in [0.25, 0.3) is 5.91 Å². The number of hydrogen-bond donors (Lipinski definition) is 2. The molecule has 1 saturated carbocycles. The van der Waals surface area contributed by atoms with Gasteiger partial charge in [-0.15, -0.1) is 11.3 Å². The second-order valence-corrected chi connectivity index (χ2v) is 6.59. The highest BCUT2D eigenvalue weighted by Gasteiger charge is 2.38. The summed E-state index contributed by atoms with van der Waals surface area (Å²) in [6, 6.07) is 7.58. The molecule has 0 saturated heterocycles. The van der Waals surface area contributed by atoms with Crippen LogP contribution in [-0.2, 0) is 4.79 Å². The number of nitrogens with one attached hydrogen (secondary N) is 1. The van der Waals surface area contributed by atoms with Gasteiger partial charge in [0.15, 0.2) is 0 Å². The van der Waals surface area contributed by atoms with Crippen LogP contribution >= 0.6 is 11.3 Å². The number of thiazole rings is 1. The van der Waals surface area contributed by atoms with Crippen LogP contribution < -0.4 is 5.32 Å². The molecule has 4 nitrogen and oxygen atoms in total. The average Bonchev–Trinajstić information content (AvgIpc) is 3.09. The third-order valence-corrected chi connectivity index (χ3v) is 4.66. The fourth-order valence-corrected chi connectivity index (χ4v) is 3.31. The Bertz CT molecular complexity index is 660. The van der Waals surface area contributed by atoms with E-state index in [1.165, 1.54) is 0 Å². The first-order valence-corrected chi connectivity index (χ1v) is 8.01. The van der Waals surface area contributed by atoms with E-state index in [9.17, 15) is 9.90 Å². The SMILES string of the molecule is Cc1nc(-c2cccc(NC(=O)C3(O)CCCC3)c2)cs1. The number of amides is 1. The van der Waals surface area contributed by atoms with Gasteiger partial charge in [-0.05, 0) is 44.7 Å². The third-order valence-electron chi connectivity index (χ3n) is 3.89. The molecule has 1 aromatic carbocycles. The molecule has 0 radical (unpaired) electrons. The van der Waals surface area contributed by atoms with Crippen molar-refractivity contribution in [3.05, 3.63) is 34.7 Å². The van der Waals surface area contributed by atoms with E-state index in [0.717, 1.165) is 29.1 Å². The molecule has 0 bridgehead atoms. The maximum Gasteiger partial charge on any atom is 0.256 e. The highest BCUT2D eigenvalue weighted by atomic mass is 32.1. The fourth-order valence-electron chi connectivity index (χ4n) is 2.69. The van der Waals surface area contributed by atoms with E-state index in [2.05, 4.69) is 10.3 Å². The zero-order valence-electron chi connectivity index (χ0n) is 11.9. The van der Waals surface area contributed by atoms with Crippen molar-refractivity contribution in [1.82, 2.24) is 4.98 Å². The highest BCUT2D eigenvalue weighted by molar-refractivity contribution is 7.09. The Morgan fingerprint density at radius 1 is 1.38 bits per heavy atom. The number of aromatic nitrogens is 1. The lowest BCUT2D eigenvalue weighted by molar-refractivity contribution is -0.133. The van der Waals surface area contributed by atoms with Gasteiger partial charge in [-0.3, -0.25) is 4.79 Å². The standard InChI is InChI=1S/C16H18N2O2S/c1-11-17-14(10-21-11)12-5-4-6-13(9-12)18-15(19)16(20)7-2-3-8-16/h4-6,9-10,20H,2-3,7-8H2,1H3,(H,18,19). The molecule has 1 aromatic heterocycles. The number of aryl methyl sites for hydroxylation is 1. The molecule has 0 atom stereocenters. The van der Waals surface area contributed by atoms with Crippen molar-refractivity contribution < 1.29 is 9.90 Å². The maximum atomic E-state index is 12.2. The largest absolute Gasteiger partial charge is 0.380 e. The van der Waals surface area contributed by atoms with Gasteiger partial charge in [0, 0.05) is 16.6 Å². The van der Waals surface area contributed by atoms with E-state index in [0.29, 0.717) is 18.5 Å². The number of nitrogens with zero attached hydrogens (tertiary/aromatic N) is 1. The lowest BCUT2D eigenvalue weighted by atomic mass is 10.0. The molecule has 1 heterocycles. The predicted octanol–water partition coefficient (Wildman–Crippen LogP) is 3.36. The molecule has 0 aliphatic heterocycles. The van der Waals surface area contributed by atoms with Gasteiger partial charge in [0.1, 0.15) is 5.60 Å². The molecular formula is C16H18N2O2S. The Kier molecular flexibility index (Phi) is 3.78. The maximum absolute atomic E-state index is 12.2. The fraction of sp³-hybridized carbons (Fsp3) is 0.375.